The lowest BCUT2D eigenvalue weighted by atomic mass is 11.9. The van der Waals surface area contributed by atoms with Gasteiger partial charge in [0.2, 0.25) is 0 Å². The molecule has 0 saturated heterocycles. The lowest BCUT2D eigenvalue weighted by Gasteiger charge is -1.84. The van der Waals surface area contributed by atoms with Crippen LogP contribution in [0.15, 0.2) is 0 Å². The monoisotopic (exact) mass is 252 g/mol. The largest absolute Gasteiger partial charge is 0.168 e. The third kappa shape index (κ3) is 5.78. The van der Waals surface area contributed by atoms with Gasteiger partial charge in [0.05, 0.1) is 5.08 Å². The zero-order valence-electron chi connectivity index (χ0n) is 3.06. The standard InChI is InChI=1S/C2H5IS3/c3-6-2-5-1-4/h4H,1-2H2. The molecule has 0 aliphatic rings. The molecule has 0 N–H and O–H groups in total. The highest BCUT2D eigenvalue weighted by molar-refractivity contribution is 14.2. The zero-order valence-corrected chi connectivity index (χ0v) is 7.74. The van der Waals surface area contributed by atoms with E-state index in [9.17, 15) is 0 Å². The molecule has 38 valence electrons. The summed E-state index contributed by atoms with van der Waals surface area (Å²) in [6.45, 7) is 0. The second-order valence-electron chi connectivity index (χ2n) is 0.560. The van der Waals surface area contributed by atoms with Crippen molar-refractivity contribution in [2.75, 3.05) is 10.2 Å². The van der Waals surface area contributed by atoms with E-state index in [1.54, 1.807) is 0 Å². The van der Waals surface area contributed by atoms with Gasteiger partial charge < -0.3 is 0 Å². The molecule has 0 amide bonds. The van der Waals surface area contributed by atoms with Gasteiger partial charge in [0.1, 0.15) is 0 Å². The molecule has 0 heterocycles. The van der Waals surface area contributed by atoms with Crippen molar-refractivity contribution in [3.8, 4) is 0 Å². The molecule has 6 heavy (non-hydrogen) atoms. The van der Waals surface area contributed by atoms with E-state index >= 15 is 0 Å². The van der Waals surface area contributed by atoms with Crippen LogP contribution in [0.2, 0.25) is 0 Å². The van der Waals surface area contributed by atoms with Gasteiger partial charge in [0.15, 0.2) is 0 Å². The molecular weight excluding hydrogens is 247 g/mol. The van der Waals surface area contributed by atoms with Gasteiger partial charge in [-0.05, 0) is 21.2 Å². The number of thioether (sulfide) groups is 1. The molecule has 4 heteroatoms. The van der Waals surface area contributed by atoms with E-state index in [4.69, 9.17) is 0 Å². The second-order valence-corrected chi connectivity index (χ2v) is 5.03. The first kappa shape index (κ1) is 7.78. The van der Waals surface area contributed by atoms with E-state index in [0.717, 1.165) is 10.2 Å². The maximum absolute atomic E-state index is 4.00. The van der Waals surface area contributed by atoms with Crippen LogP contribution in [-0.4, -0.2) is 10.2 Å². The van der Waals surface area contributed by atoms with Crippen LogP contribution in [0.4, 0.5) is 0 Å². The van der Waals surface area contributed by atoms with Gasteiger partial charge in [-0.15, -0.1) is 11.8 Å². The van der Waals surface area contributed by atoms with Gasteiger partial charge in [-0.3, -0.25) is 0 Å². The Hall–Kier alpha value is 1.78. The molecule has 0 saturated carbocycles. The normalized spacial score (nSPS) is 9.00. The number of hydrogen-bond acceptors (Lipinski definition) is 3. The Kier molecular flexibility index (Phi) is 8.79. The van der Waals surface area contributed by atoms with Crippen LogP contribution in [0.3, 0.4) is 0 Å². The average Bonchev–Trinajstić information content (AvgIpc) is 1.61. The number of hydrogen-bond donors (Lipinski definition) is 1. The number of halogens is 1. The highest BCUT2D eigenvalue weighted by atomic mass is 127. The predicted molar refractivity (Wildman–Crippen MR) is 47.9 cm³/mol. The molecule has 0 atom stereocenters. The molecule has 0 aromatic rings. The maximum atomic E-state index is 4.00. The van der Waals surface area contributed by atoms with Crippen molar-refractivity contribution in [1.29, 1.82) is 0 Å². The van der Waals surface area contributed by atoms with Crippen molar-refractivity contribution in [2.45, 2.75) is 0 Å². The molecular formula is C2H5IS3. The summed E-state index contributed by atoms with van der Waals surface area (Å²) in [5.74, 6) is 0. The Labute approximate surface area is 64.2 Å². The lowest BCUT2D eigenvalue weighted by Crippen LogP contribution is -1.59. The van der Waals surface area contributed by atoms with Gasteiger partial charge in [0.25, 0.3) is 0 Å². The van der Waals surface area contributed by atoms with Crippen LogP contribution in [0.25, 0.3) is 0 Å². The summed E-state index contributed by atoms with van der Waals surface area (Å²) in [7, 11) is 1.81. The van der Waals surface area contributed by atoms with Gasteiger partial charge in [0, 0.05) is 5.08 Å². The molecule has 0 fully saturated rings. The van der Waals surface area contributed by atoms with Crippen LogP contribution in [0.5, 0.6) is 0 Å². The number of thiol groups is 1. The van der Waals surface area contributed by atoms with E-state index in [2.05, 4.69) is 33.8 Å². The Morgan fingerprint density at radius 2 is 2.33 bits per heavy atom. The van der Waals surface area contributed by atoms with Gasteiger partial charge in [-0.1, -0.05) is 8.93 Å². The van der Waals surface area contributed by atoms with Crippen molar-refractivity contribution in [1.82, 2.24) is 0 Å². The van der Waals surface area contributed by atoms with Crippen molar-refractivity contribution in [2.24, 2.45) is 0 Å². The van der Waals surface area contributed by atoms with Crippen LogP contribution in [-0.2, 0) is 0 Å². The molecule has 0 nitrogen and oxygen atoms in total. The van der Waals surface area contributed by atoms with Gasteiger partial charge in [-0.25, -0.2) is 0 Å². The highest BCUT2D eigenvalue weighted by Gasteiger charge is 1.77. The molecule has 0 aromatic heterocycles. The third-order valence-electron chi connectivity index (χ3n) is 0.219. The van der Waals surface area contributed by atoms with E-state index < -0.39 is 0 Å². The molecule has 0 rings (SSSR count). The topological polar surface area (TPSA) is 0 Å². The van der Waals surface area contributed by atoms with Gasteiger partial charge in [-0.2, -0.15) is 12.6 Å². The highest BCUT2D eigenvalue weighted by Crippen LogP contribution is 2.18. The summed E-state index contributed by atoms with van der Waals surface area (Å²) in [6.07, 6.45) is 0. The summed E-state index contributed by atoms with van der Waals surface area (Å²) >= 11 is 8.10. The third-order valence-corrected chi connectivity index (χ3v) is 4.26. The second kappa shape index (κ2) is 6.78. The van der Waals surface area contributed by atoms with E-state index in [-0.39, 0.29) is 0 Å². The summed E-state index contributed by atoms with van der Waals surface area (Å²) in [5.41, 5.74) is 0. The van der Waals surface area contributed by atoms with Gasteiger partial charge >= 0.3 is 0 Å². The SMILES string of the molecule is SCSCSI. The molecule has 0 spiro atoms. The van der Waals surface area contributed by atoms with Crippen LogP contribution in [0, 0.1) is 0 Å². The van der Waals surface area contributed by atoms with E-state index in [0.29, 0.717) is 0 Å². The quantitative estimate of drug-likeness (QED) is 0.355. The Balaban J connectivity index is 2.34. The Morgan fingerprint density at radius 1 is 1.67 bits per heavy atom. The average molecular weight is 252 g/mol. The zero-order chi connectivity index (χ0) is 4.83. The fraction of sp³-hybridized carbons (Fsp3) is 1.00. The minimum atomic E-state index is 0.940. The minimum absolute atomic E-state index is 0.940. The number of rotatable bonds is 3. The first-order chi connectivity index (χ1) is 2.91. The Bertz CT molecular complexity index is 20.8. The van der Waals surface area contributed by atoms with E-state index in [1.165, 1.54) is 0 Å². The molecule has 0 aliphatic heterocycles. The molecule has 0 radical (unpaired) electrons. The smallest absolute Gasteiger partial charge is 0.0500 e. The molecule has 0 aromatic carbocycles. The predicted octanol–water partition coefficient (Wildman–Crippen LogP) is 2.65. The van der Waals surface area contributed by atoms with Crippen molar-refractivity contribution >= 4 is 54.5 Å². The summed E-state index contributed by atoms with van der Waals surface area (Å²) in [4.78, 5) is 0. The fourth-order valence-corrected chi connectivity index (χ4v) is 2.91. The lowest BCUT2D eigenvalue weighted by molar-refractivity contribution is 2.20. The van der Waals surface area contributed by atoms with Crippen molar-refractivity contribution < 1.29 is 0 Å². The van der Waals surface area contributed by atoms with Crippen molar-refractivity contribution in [3.63, 3.8) is 0 Å². The van der Waals surface area contributed by atoms with Crippen LogP contribution in [0.1, 0.15) is 0 Å². The summed E-state index contributed by atoms with van der Waals surface area (Å²) in [5, 5.41) is 2.10. The maximum Gasteiger partial charge on any atom is 0.0500 e. The molecule has 0 unspecified atom stereocenters. The summed E-state index contributed by atoms with van der Waals surface area (Å²) < 4.78 is 0. The Morgan fingerprint density at radius 3 is 2.50 bits per heavy atom. The van der Waals surface area contributed by atoms with Crippen molar-refractivity contribution in [3.05, 3.63) is 0 Å². The first-order valence-electron chi connectivity index (χ1n) is 1.34. The van der Waals surface area contributed by atoms with Crippen LogP contribution < -0.4 is 0 Å². The minimum Gasteiger partial charge on any atom is -0.168 e. The summed E-state index contributed by atoms with van der Waals surface area (Å²) in [6, 6.07) is 0. The fourth-order valence-electron chi connectivity index (χ4n) is 0.0688. The van der Waals surface area contributed by atoms with Crippen LogP contribution >= 0.6 is 54.5 Å². The first-order valence-corrected chi connectivity index (χ1v) is 6.65. The molecule has 0 aliphatic carbocycles. The molecule has 0 bridgehead atoms. The van der Waals surface area contributed by atoms with E-state index in [1.807, 2.05) is 20.7 Å².